The molecule has 1 unspecified atom stereocenters. The van der Waals surface area contributed by atoms with E-state index in [2.05, 4.69) is 46.3 Å². The van der Waals surface area contributed by atoms with Gasteiger partial charge in [0.1, 0.15) is 0 Å². The van der Waals surface area contributed by atoms with E-state index in [0.717, 1.165) is 36.1 Å². The normalized spacial score (nSPS) is 17.1. The van der Waals surface area contributed by atoms with Gasteiger partial charge in [-0.2, -0.15) is 5.10 Å². The number of fused-ring (bicyclic) bond motifs is 1. The summed E-state index contributed by atoms with van der Waals surface area (Å²) in [6.45, 7) is 4.09. The molecule has 1 atom stereocenters. The Balaban J connectivity index is 1.71. The summed E-state index contributed by atoms with van der Waals surface area (Å²) in [5.74, 6) is 2.85. The molecule has 0 saturated carbocycles. The minimum atomic E-state index is 0.510. The lowest BCUT2D eigenvalue weighted by Crippen LogP contribution is -2.35. The molecule has 0 radical (unpaired) electrons. The molecule has 0 spiro atoms. The zero-order valence-corrected chi connectivity index (χ0v) is 16.1. The maximum Gasteiger partial charge on any atom is 0.161 e. The van der Waals surface area contributed by atoms with E-state index in [1.165, 1.54) is 17.5 Å². The van der Waals surface area contributed by atoms with Crippen LogP contribution in [-0.4, -0.2) is 37.5 Å². The Labute approximate surface area is 159 Å². The molecule has 5 nitrogen and oxygen atoms in total. The van der Waals surface area contributed by atoms with E-state index in [1.807, 2.05) is 12.1 Å². The average molecular weight is 363 g/mol. The van der Waals surface area contributed by atoms with Crippen LogP contribution in [0.1, 0.15) is 29.9 Å². The first-order valence-corrected chi connectivity index (χ1v) is 9.38. The smallest absolute Gasteiger partial charge is 0.161 e. The second kappa shape index (κ2) is 7.43. The molecule has 27 heavy (non-hydrogen) atoms. The lowest BCUT2D eigenvalue weighted by Gasteiger charge is -2.34. The van der Waals surface area contributed by atoms with Gasteiger partial charge in [-0.1, -0.05) is 29.8 Å². The largest absolute Gasteiger partial charge is 0.493 e. The van der Waals surface area contributed by atoms with Crippen molar-refractivity contribution in [1.82, 2.24) is 10.2 Å². The first-order valence-electron chi connectivity index (χ1n) is 9.38. The van der Waals surface area contributed by atoms with E-state index in [-0.39, 0.29) is 0 Å². The summed E-state index contributed by atoms with van der Waals surface area (Å²) in [4.78, 5) is 2.36. The van der Waals surface area contributed by atoms with Gasteiger partial charge in [-0.05, 0) is 37.5 Å². The van der Waals surface area contributed by atoms with Crippen LogP contribution in [0.4, 0.5) is 5.82 Å². The maximum atomic E-state index is 5.50. The lowest BCUT2D eigenvalue weighted by atomic mass is 9.89. The van der Waals surface area contributed by atoms with Gasteiger partial charge in [-0.3, -0.25) is 0 Å². The van der Waals surface area contributed by atoms with Crippen LogP contribution < -0.4 is 14.4 Å². The van der Waals surface area contributed by atoms with Gasteiger partial charge in [-0.25, -0.2) is 0 Å². The third kappa shape index (κ3) is 3.42. The van der Waals surface area contributed by atoms with Crippen LogP contribution in [0.15, 0.2) is 42.6 Å². The van der Waals surface area contributed by atoms with Crippen LogP contribution in [0.3, 0.4) is 0 Å². The Kier molecular flexibility index (Phi) is 4.84. The molecule has 0 bridgehead atoms. The predicted octanol–water partition coefficient (Wildman–Crippen LogP) is 4.34. The molecular weight excluding hydrogens is 338 g/mol. The monoisotopic (exact) mass is 363 g/mol. The minimum Gasteiger partial charge on any atom is -0.493 e. The van der Waals surface area contributed by atoms with Gasteiger partial charge in [0.25, 0.3) is 0 Å². The number of aryl methyl sites for hydroxylation is 1. The molecule has 1 aliphatic heterocycles. The van der Waals surface area contributed by atoms with Gasteiger partial charge in [-0.15, -0.1) is 5.10 Å². The van der Waals surface area contributed by atoms with Crippen molar-refractivity contribution >= 4 is 16.6 Å². The molecular formula is C22H25N3O2. The quantitative estimate of drug-likeness (QED) is 0.690. The van der Waals surface area contributed by atoms with Crippen LogP contribution in [-0.2, 0) is 0 Å². The van der Waals surface area contributed by atoms with E-state index in [9.17, 15) is 0 Å². The number of nitrogens with zero attached hydrogens (tertiary/aromatic N) is 3. The Bertz CT molecular complexity index is 957. The summed E-state index contributed by atoms with van der Waals surface area (Å²) in [6, 6.07) is 12.8. The molecule has 0 N–H and O–H groups in total. The highest BCUT2D eigenvalue weighted by atomic mass is 16.5. The number of benzene rings is 2. The first kappa shape index (κ1) is 17.6. The third-order valence-corrected chi connectivity index (χ3v) is 5.38. The fraction of sp³-hybridized carbons (Fsp3) is 0.364. The van der Waals surface area contributed by atoms with Gasteiger partial charge in [0.15, 0.2) is 17.3 Å². The van der Waals surface area contributed by atoms with Gasteiger partial charge >= 0.3 is 0 Å². The highest BCUT2D eigenvalue weighted by molar-refractivity contribution is 5.94. The van der Waals surface area contributed by atoms with E-state index in [0.29, 0.717) is 17.4 Å². The fourth-order valence-electron chi connectivity index (χ4n) is 3.99. The lowest BCUT2D eigenvalue weighted by molar-refractivity contribution is 0.356. The minimum absolute atomic E-state index is 0.510. The zero-order valence-electron chi connectivity index (χ0n) is 16.1. The molecule has 2 heterocycles. The van der Waals surface area contributed by atoms with Crippen molar-refractivity contribution in [3.8, 4) is 11.5 Å². The third-order valence-electron chi connectivity index (χ3n) is 5.38. The number of anilines is 1. The van der Waals surface area contributed by atoms with Crippen molar-refractivity contribution in [3.05, 3.63) is 53.7 Å². The second-order valence-corrected chi connectivity index (χ2v) is 7.16. The summed E-state index contributed by atoms with van der Waals surface area (Å²) in [5.41, 5.74) is 2.72. The van der Waals surface area contributed by atoms with Gasteiger partial charge in [0, 0.05) is 29.8 Å². The van der Waals surface area contributed by atoms with Gasteiger partial charge in [0.2, 0.25) is 0 Å². The predicted molar refractivity (Wildman–Crippen MR) is 108 cm³/mol. The molecule has 3 aromatic rings. The zero-order chi connectivity index (χ0) is 18.8. The Morgan fingerprint density at radius 3 is 2.67 bits per heavy atom. The molecule has 1 saturated heterocycles. The van der Waals surface area contributed by atoms with E-state index in [4.69, 9.17) is 9.47 Å². The van der Waals surface area contributed by atoms with Crippen molar-refractivity contribution in [2.45, 2.75) is 25.7 Å². The molecule has 5 heteroatoms. The molecule has 4 rings (SSSR count). The summed E-state index contributed by atoms with van der Waals surface area (Å²) < 4.78 is 10.9. The molecule has 0 aliphatic carbocycles. The number of ether oxygens (including phenoxy) is 2. The average Bonchev–Trinajstić information content (AvgIpc) is 2.72. The van der Waals surface area contributed by atoms with E-state index >= 15 is 0 Å². The van der Waals surface area contributed by atoms with E-state index < -0.39 is 0 Å². The first-order chi connectivity index (χ1) is 13.2. The van der Waals surface area contributed by atoms with Crippen LogP contribution in [0.5, 0.6) is 11.5 Å². The number of rotatable bonds is 4. The number of hydrogen-bond acceptors (Lipinski definition) is 5. The molecule has 0 amide bonds. The summed E-state index contributed by atoms with van der Waals surface area (Å²) in [7, 11) is 3.31. The number of aromatic nitrogens is 2. The van der Waals surface area contributed by atoms with Crippen LogP contribution in [0.25, 0.3) is 10.8 Å². The van der Waals surface area contributed by atoms with Crippen LogP contribution in [0, 0.1) is 6.92 Å². The second-order valence-electron chi connectivity index (χ2n) is 7.16. The summed E-state index contributed by atoms with van der Waals surface area (Å²) in [6.07, 6.45) is 4.13. The molecule has 2 aromatic carbocycles. The Morgan fingerprint density at radius 2 is 1.89 bits per heavy atom. The van der Waals surface area contributed by atoms with Crippen molar-refractivity contribution in [2.75, 3.05) is 32.2 Å². The van der Waals surface area contributed by atoms with Crippen LogP contribution in [0.2, 0.25) is 0 Å². The van der Waals surface area contributed by atoms with Gasteiger partial charge in [0.05, 0.1) is 20.4 Å². The SMILES string of the molecule is COc1cc2cnnc(N3CCCC(c4cccc(C)c4)C3)c2cc1OC. The molecule has 1 aliphatic rings. The Hall–Kier alpha value is -2.82. The van der Waals surface area contributed by atoms with Crippen molar-refractivity contribution in [3.63, 3.8) is 0 Å². The number of piperidine rings is 1. The standard InChI is InChI=1S/C22H25N3O2/c1-15-6-4-7-16(10-15)17-8-5-9-25(14-17)22-19-12-21(27-3)20(26-2)11-18(19)13-23-24-22/h4,6-7,10-13,17H,5,8-9,14H2,1-3H3. The van der Waals surface area contributed by atoms with Crippen molar-refractivity contribution < 1.29 is 9.47 Å². The topological polar surface area (TPSA) is 47.5 Å². The highest BCUT2D eigenvalue weighted by Crippen LogP contribution is 2.37. The highest BCUT2D eigenvalue weighted by Gasteiger charge is 2.24. The Morgan fingerprint density at radius 1 is 1.07 bits per heavy atom. The van der Waals surface area contributed by atoms with E-state index in [1.54, 1.807) is 20.4 Å². The molecule has 1 aromatic heterocycles. The van der Waals surface area contributed by atoms with Crippen molar-refractivity contribution in [2.24, 2.45) is 0 Å². The fourth-order valence-corrected chi connectivity index (χ4v) is 3.99. The molecule has 1 fully saturated rings. The summed E-state index contributed by atoms with van der Waals surface area (Å²) >= 11 is 0. The van der Waals surface area contributed by atoms with Gasteiger partial charge < -0.3 is 14.4 Å². The number of methoxy groups -OCH3 is 2. The summed E-state index contributed by atoms with van der Waals surface area (Å²) in [5, 5.41) is 10.8. The van der Waals surface area contributed by atoms with Crippen molar-refractivity contribution in [1.29, 1.82) is 0 Å². The number of hydrogen-bond donors (Lipinski definition) is 0. The molecule has 140 valence electrons. The van der Waals surface area contributed by atoms with Crippen LogP contribution >= 0.6 is 0 Å². The maximum absolute atomic E-state index is 5.50.